The van der Waals surface area contributed by atoms with Gasteiger partial charge in [0.15, 0.2) is 0 Å². The minimum Gasteiger partial charge on any atom is -0.481 e. The van der Waals surface area contributed by atoms with Crippen LogP contribution in [0, 0.1) is 10.1 Å². The largest absolute Gasteiger partial charge is 0.481 e. The van der Waals surface area contributed by atoms with Crippen molar-refractivity contribution in [3.05, 3.63) is 38.3 Å². The molecule has 0 saturated carbocycles. The van der Waals surface area contributed by atoms with Gasteiger partial charge in [-0.15, -0.1) is 0 Å². The second-order valence-electron chi connectivity index (χ2n) is 3.36. The third kappa shape index (κ3) is 4.49. The number of nitrogens with one attached hydrogen (secondary N) is 1. The highest BCUT2D eigenvalue weighted by molar-refractivity contribution is 9.10. The van der Waals surface area contributed by atoms with Crippen molar-refractivity contribution in [2.24, 2.45) is 0 Å². The molecule has 6 nitrogen and oxygen atoms in total. The Morgan fingerprint density at radius 1 is 1.53 bits per heavy atom. The minimum atomic E-state index is -0.876. The molecule has 1 aromatic carbocycles. The molecule has 2 N–H and O–H groups in total. The number of nitrogens with zero attached hydrogens (tertiary/aromatic N) is 1. The van der Waals surface area contributed by atoms with Crippen molar-refractivity contribution in [1.82, 2.24) is 5.32 Å². The molecular formula is C10H11BrN2O4. The molecule has 0 aliphatic heterocycles. The van der Waals surface area contributed by atoms with Crippen molar-refractivity contribution in [3.8, 4) is 0 Å². The Morgan fingerprint density at radius 3 is 2.82 bits per heavy atom. The third-order valence-corrected chi connectivity index (χ3v) is 2.72. The zero-order chi connectivity index (χ0) is 12.8. The maximum Gasteiger partial charge on any atom is 0.304 e. The van der Waals surface area contributed by atoms with E-state index in [2.05, 4.69) is 21.2 Å². The van der Waals surface area contributed by atoms with E-state index < -0.39 is 10.9 Å². The van der Waals surface area contributed by atoms with Crippen LogP contribution in [0.1, 0.15) is 12.0 Å². The normalized spacial score (nSPS) is 10.2. The molecule has 0 saturated heterocycles. The van der Waals surface area contributed by atoms with E-state index in [0.29, 0.717) is 17.6 Å². The van der Waals surface area contributed by atoms with E-state index in [4.69, 9.17) is 5.11 Å². The number of aliphatic carboxylic acids is 1. The van der Waals surface area contributed by atoms with Crippen LogP contribution in [0.15, 0.2) is 22.7 Å². The summed E-state index contributed by atoms with van der Waals surface area (Å²) in [6.45, 7) is 0.737. The van der Waals surface area contributed by atoms with Crippen molar-refractivity contribution in [2.45, 2.75) is 13.0 Å². The molecule has 0 aliphatic rings. The first-order valence-corrected chi connectivity index (χ1v) is 5.65. The van der Waals surface area contributed by atoms with Crippen LogP contribution in [-0.4, -0.2) is 22.5 Å². The number of halogens is 1. The number of hydrogen-bond donors (Lipinski definition) is 2. The van der Waals surface area contributed by atoms with Gasteiger partial charge in [-0.05, 0) is 27.6 Å². The Balaban J connectivity index is 2.57. The maximum atomic E-state index is 10.7. The van der Waals surface area contributed by atoms with Gasteiger partial charge in [-0.2, -0.15) is 0 Å². The first-order chi connectivity index (χ1) is 8.00. The van der Waals surface area contributed by atoms with Crippen molar-refractivity contribution in [2.75, 3.05) is 6.54 Å². The zero-order valence-corrected chi connectivity index (χ0v) is 10.4. The van der Waals surface area contributed by atoms with Crippen LogP contribution in [0.2, 0.25) is 0 Å². The fraction of sp³-hybridized carbons (Fsp3) is 0.300. The smallest absolute Gasteiger partial charge is 0.304 e. The molecule has 1 aromatic rings. The predicted octanol–water partition coefficient (Wildman–Crippen LogP) is 1.92. The summed E-state index contributed by atoms with van der Waals surface area (Å²) in [5.41, 5.74) is 0.743. The van der Waals surface area contributed by atoms with Crippen LogP contribution >= 0.6 is 15.9 Å². The number of hydrogen-bond acceptors (Lipinski definition) is 4. The van der Waals surface area contributed by atoms with Crippen LogP contribution in [-0.2, 0) is 11.3 Å². The Labute approximate surface area is 106 Å². The quantitative estimate of drug-likeness (QED) is 0.476. The molecule has 0 aromatic heterocycles. The van der Waals surface area contributed by atoms with Gasteiger partial charge < -0.3 is 10.4 Å². The predicted molar refractivity (Wildman–Crippen MR) is 64.8 cm³/mol. The lowest BCUT2D eigenvalue weighted by Crippen LogP contribution is -2.17. The molecule has 0 aliphatic carbocycles. The molecule has 0 bridgehead atoms. The molecule has 92 valence electrons. The molecule has 0 amide bonds. The highest BCUT2D eigenvalue weighted by Crippen LogP contribution is 2.25. The van der Waals surface area contributed by atoms with Crippen LogP contribution in [0.4, 0.5) is 5.69 Å². The van der Waals surface area contributed by atoms with E-state index >= 15 is 0 Å². The Morgan fingerprint density at radius 2 is 2.24 bits per heavy atom. The summed E-state index contributed by atoms with van der Waals surface area (Å²) in [5, 5.41) is 22.0. The van der Waals surface area contributed by atoms with Gasteiger partial charge in [-0.1, -0.05) is 6.07 Å². The number of rotatable bonds is 6. The fourth-order valence-corrected chi connectivity index (χ4v) is 1.63. The molecule has 0 unspecified atom stereocenters. The van der Waals surface area contributed by atoms with Crippen molar-refractivity contribution < 1.29 is 14.8 Å². The minimum absolute atomic E-state index is 0.00235. The highest BCUT2D eigenvalue weighted by Gasteiger charge is 2.11. The van der Waals surface area contributed by atoms with E-state index in [1.807, 2.05) is 0 Å². The fourth-order valence-electron chi connectivity index (χ4n) is 1.24. The Hall–Kier alpha value is -1.47. The van der Waals surface area contributed by atoms with Crippen LogP contribution < -0.4 is 5.32 Å². The molecule has 0 spiro atoms. The monoisotopic (exact) mass is 302 g/mol. The first-order valence-electron chi connectivity index (χ1n) is 4.86. The van der Waals surface area contributed by atoms with Crippen LogP contribution in [0.25, 0.3) is 0 Å². The zero-order valence-electron chi connectivity index (χ0n) is 8.85. The van der Waals surface area contributed by atoms with Gasteiger partial charge >= 0.3 is 5.97 Å². The van der Waals surface area contributed by atoms with E-state index in [9.17, 15) is 14.9 Å². The molecule has 1 rings (SSSR count). The van der Waals surface area contributed by atoms with Gasteiger partial charge in [0.2, 0.25) is 0 Å². The number of nitro groups is 1. The van der Waals surface area contributed by atoms with Crippen molar-refractivity contribution in [3.63, 3.8) is 0 Å². The molecule has 7 heteroatoms. The summed E-state index contributed by atoms with van der Waals surface area (Å²) in [5.74, 6) is -0.876. The lowest BCUT2D eigenvalue weighted by Gasteiger charge is -2.04. The summed E-state index contributed by atoms with van der Waals surface area (Å²) in [6, 6.07) is 4.80. The third-order valence-electron chi connectivity index (χ3n) is 2.05. The topological polar surface area (TPSA) is 92.5 Å². The number of carboxylic acids is 1. The van der Waals surface area contributed by atoms with E-state index in [1.54, 1.807) is 12.1 Å². The summed E-state index contributed by atoms with van der Waals surface area (Å²) in [4.78, 5) is 20.5. The summed E-state index contributed by atoms with van der Waals surface area (Å²) in [7, 11) is 0. The molecule has 0 heterocycles. The number of carbonyl (C=O) groups is 1. The van der Waals surface area contributed by atoms with Gasteiger partial charge in [0.25, 0.3) is 5.69 Å². The van der Waals surface area contributed by atoms with Crippen LogP contribution in [0.5, 0.6) is 0 Å². The SMILES string of the molecule is O=C(O)CCNCc1ccc(Br)c([N+](=O)[O-])c1. The lowest BCUT2D eigenvalue weighted by atomic mass is 10.2. The molecular weight excluding hydrogens is 292 g/mol. The average Bonchev–Trinajstić information content (AvgIpc) is 2.25. The molecule has 17 heavy (non-hydrogen) atoms. The average molecular weight is 303 g/mol. The highest BCUT2D eigenvalue weighted by atomic mass is 79.9. The number of carboxylic acid groups (broad SMARTS) is 1. The lowest BCUT2D eigenvalue weighted by molar-refractivity contribution is -0.385. The second-order valence-corrected chi connectivity index (χ2v) is 4.22. The van der Waals surface area contributed by atoms with E-state index in [-0.39, 0.29) is 12.1 Å². The van der Waals surface area contributed by atoms with Gasteiger partial charge in [-0.25, -0.2) is 0 Å². The summed E-state index contributed by atoms with van der Waals surface area (Å²) < 4.78 is 0.428. The van der Waals surface area contributed by atoms with Gasteiger partial charge in [0, 0.05) is 19.2 Å². The number of nitro benzene ring substituents is 1. The second kappa shape index (κ2) is 6.31. The summed E-state index contributed by atoms with van der Waals surface area (Å²) in [6.07, 6.45) is 0.0264. The van der Waals surface area contributed by atoms with Crippen molar-refractivity contribution >= 4 is 27.6 Å². The molecule has 0 fully saturated rings. The summed E-state index contributed by atoms with van der Waals surface area (Å²) >= 11 is 3.09. The molecule has 0 radical (unpaired) electrons. The number of benzene rings is 1. The van der Waals surface area contributed by atoms with Crippen molar-refractivity contribution in [1.29, 1.82) is 0 Å². The Kier molecular flexibility index (Phi) is 5.05. The van der Waals surface area contributed by atoms with E-state index in [0.717, 1.165) is 5.56 Å². The molecule has 0 atom stereocenters. The van der Waals surface area contributed by atoms with Crippen LogP contribution in [0.3, 0.4) is 0 Å². The van der Waals surface area contributed by atoms with Gasteiger partial charge in [-0.3, -0.25) is 14.9 Å². The Bertz CT molecular complexity index is 436. The first kappa shape index (κ1) is 13.6. The maximum absolute atomic E-state index is 10.7. The van der Waals surface area contributed by atoms with Gasteiger partial charge in [0.05, 0.1) is 15.8 Å². The van der Waals surface area contributed by atoms with Gasteiger partial charge in [0.1, 0.15) is 0 Å². The standard InChI is InChI=1S/C10H11BrN2O4/c11-8-2-1-7(5-9(8)13(16)17)6-12-4-3-10(14)15/h1-2,5,12H,3-4,6H2,(H,14,15). The van der Waals surface area contributed by atoms with E-state index in [1.165, 1.54) is 6.07 Å².